The van der Waals surface area contributed by atoms with Crippen LogP contribution in [0.25, 0.3) is 0 Å². The van der Waals surface area contributed by atoms with Gasteiger partial charge in [0.1, 0.15) is 0 Å². The third-order valence-electron chi connectivity index (χ3n) is 4.56. The number of halogens is 1. The number of nitrogens with two attached hydrogens (primary N) is 1. The van der Waals surface area contributed by atoms with Crippen LogP contribution in [0.3, 0.4) is 0 Å². The van der Waals surface area contributed by atoms with Crippen molar-refractivity contribution in [3.05, 3.63) is 32.9 Å². The maximum absolute atomic E-state index is 6.52. The Morgan fingerprint density at radius 1 is 1.28 bits per heavy atom. The maximum Gasteiger partial charge on any atom is 0.0334 e. The van der Waals surface area contributed by atoms with Gasteiger partial charge in [-0.3, -0.25) is 0 Å². The van der Waals surface area contributed by atoms with Crippen LogP contribution in [-0.2, 0) is 0 Å². The van der Waals surface area contributed by atoms with Gasteiger partial charge in [0.15, 0.2) is 0 Å². The molecule has 1 aromatic rings. The topological polar surface area (TPSA) is 26.0 Å². The van der Waals surface area contributed by atoms with Crippen LogP contribution in [0.4, 0.5) is 0 Å². The molecule has 1 nitrogen and oxygen atoms in total. The number of hydrogen-bond acceptors (Lipinski definition) is 1. The molecule has 0 aliphatic heterocycles. The lowest BCUT2D eigenvalue weighted by Gasteiger charge is -2.32. The zero-order valence-electron chi connectivity index (χ0n) is 11.5. The first-order valence-electron chi connectivity index (χ1n) is 7.14. The highest BCUT2D eigenvalue weighted by Crippen LogP contribution is 2.38. The Balaban J connectivity index is 2.08. The van der Waals surface area contributed by atoms with Gasteiger partial charge in [0.2, 0.25) is 0 Å². The quantitative estimate of drug-likeness (QED) is 0.772. The highest BCUT2D eigenvalue weighted by molar-refractivity contribution is 14.1. The normalized spacial score (nSPS) is 26.0. The summed E-state index contributed by atoms with van der Waals surface area (Å²) in [5.74, 6) is 1.63. The fourth-order valence-corrected chi connectivity index (χ4v) is 3.86. The molecule has 1 fully saturated rings. The first-order valence-corrected chi connectivity index (χ1v) is 8.22. The Kier molecular flexibility index (Phi) is 5.07. The zero-order valence-corrected chi connectivity index (χ0v) is 13.6. The molecule has 0 amide bonds. The molecular weight excluding hydrogens is 333 g/mol. The van der Waals surface area contributed by atoms with Gasteiger partial charge >= 0.3 is 0 Å². The summed E-state index contributed by atoms with van der Waals surface area (Å²) in [6, 6.07) is 6.76. The van der Waals surface area contributed by atoms with E-state index < -0.39 is 0 Å². The molecule has 100 valence electrons. The summed E-state index contributed by atoms with van der Waals surface area (Å²) in [6.07, 6.45) is 6.70. The van der Waals surface area contributed by atoms with Crippen LogP contribution in [0.15, 0.2) is 18.2 Å². The van der Waals surface area contributed by atoms with E-state index in [1.165, 1.54) is 46.8 Å². The van der Waals surface area contributed by atoms with Crippen molar-refractivity contribution in [1.82, 2.24) is 0 Å². The van der Waals surface area contributed by atoms with Crippen LogP contribution in [0.2, 0.25) is 0 Å². The molecule has 2 rings (SSSR count). The van der Waals surface area contributed by atoms with Gasteiger partial charge in [0, 0.05) is 9.61 Å². The van der Waals surface area contributed by atoms with Crippen molar-refractivity contribution in [2.75, 3.05) is 0 Å². The lowest BCUT2D eigenvalue weighted by Crippen LogP contribution is -2.26. The van der Waals surface area contributed by atoms with Crippen molar-refractivity contribution in [3.8, 4) is 0 Å². The highest BCUT2D eigenvalue weighted by Gasteiger charge is 2.26. The maximum atomic E-state index is 6.52. The summed E-state index contributed by atoms with van der Waals surface area (Å²) in [5.41, 5.74) is 9.23. The van der Waals surface area contributed by atoms with Crippen molar-refractivity contribution in [1.29, 1.82) is 0 Å². The summed E-state index contributed by atoms with van der Waals surface area (Å²) >= 11 is 2.45. The summed E-state index contributed by atoms with van der Waals surface area (Å²) in [7, 11) is 0. The Hall–Kier alpha value is -0.0900. The van der Waals surface area contributed by atoms with E-state index >= 15 is 0 Å². The molecule has 0 aromatic heterocycles. The van der Waals surface area contributed by atoms with Gasteiger partial charge in [0.25, 0.3) is 0 Å². The van der Waals surface area contributed by atoms with E-state index in [4.69, 9.17) is 5.73 Å². The third-order valence-corrected chi connectivity index (χ3v) is 6.03. The Labute approximate surface area is 125 Å². The van der Waals surface area contributed by atoms with E-state index in [9.17, 15) is 0 Å². The molecule has 0 radical (unpaired) electrons. The molecular formula is C16H24IN. The van der Waals surface area contributed by atoms with Crippen molar-refractivity contribution >= 4 is 22.6 Å². The van der Waals surface area contributed by atoms with Crippen LogP contribution in [0.5, 0.6) is 0 Å². The second-order valence-electron chi connectivity index (χ2n) is 5.69. The van der Waals surface area contributed by atoms with Gasteiger partial charge < -0.3 is 5.73 Å². The van der Waals surface area contributed by atoms with Crippen molar-refractivity contribution < 1.29 is 0 Å². The minimum absolute atomic E-state index is 0.231. The number of rotatable bonds is 3. The number of aryl methyl sites for hydroxylation is 1. The van der Waals surface area contributed by atoms with E-state index in [0.29, 0.717) is 5.92 Å². The average molecular weight is 357 g/mol. The zero-order chi connectivity index (χ0) is 13.1. The third kappa shape index (κ3) is 3.08. The molecule has 0 bridgehead atoms. The lowest BCUT2D eigenvalue weighted by molar-refractivity contribution is 0.239. The first kappa shape index (κ1) is 14.3. The van der Waals surface area contributed by atoms with Crippen LogP contribution >= 0.6 is 22.6 Å². The molecule has 1 atom stereocenters. The van der Waals surface area contributed by atoms with Crippen LogP contribution in [0, 0.1) is 22.3 Å². The molecule has 1 aliphatic carbocycles. The highest BCUT2D eigenvalue weighted by atomic mass is 127. The predicted octanol–water partition coefficient (Wildman–Crippen LogP) is 4.82. The standard InChI is InChI=1S/C16H24IN/c1-3-12-7-9-13(10-8-12)16(18)14-6-4-5-11(2)15(14)17/h4-6,12-13,16H,3,7-10,18H2,1-2H3. The van der Waals surface area contributed by atoms with Gasteiger partial charge in [-0.1, -0.05) is 44.4 Å². The van der Waals surface area contributed by atoms with E-state index in [1.54, 1.807) is 0 Å². The average Bonchev–Trinajstić information content (AvgIpc) is 2.41. The van der Waals surface area contributed by atoms with Gasteiger partial charge in [0.05, 0.1) is 0 Å². The van der Waals surface area contributed by atoms with Crippen molar-refractivity contribution in [2.45, 2.75) is 52.0 Å². The van der Waals surface area contributed by atoms with E-state index in [2.05, 4.69) is 54.6 Å². The first-order chi connectivity index (χ1) is 8.63. The van der Waals surface area contributed by atoms with Crippen molar-refractivity contribution in [2.24, 2.45) is 17.6 Å². The largest absolute Gasteiger partial charge is 0.324 e. The predicted molar refractivity (Wildman–Crippen MR) is 86.6 cm³/mol. The molecule has 18 heavy (non-hydrogen) atoms. The van der Waals surface area contributed by atoms with Gasteiger partial charge in [-0.25, -0.2) is 0 Å². The van der Waals surface area contributed by atoms with Crippen molar-refractivity contribution in [3.63, 3.8) is 0 Å². The minimum Gasteiger partial charge on any atom is -0.324 e. The van der Waals surface area contributed by atoms with Gasteiger partial charge in [-0.15, -0.1) is 0 Å². The molecule has 2 N–H and O–H groups in total. The van der Waals surface area contributed by atoms with Crippen LogP contribution < -0.4 is 5.73 Å². The fourth-order valence-electron chi connectivity index (χ4n) is 3.14. The van der Waals surface area contributed by atoms with E-state index in [-0.39, 0.29) is 6.04 Å². The van der Waals surface area contributed by atoms with E-state index in [1.807, 2.05) is 0 Å². The Bertz CT molecular complexity index is 394. The smallest absolute Gasteiger partial charge is 0.0334 e. The Morgan fingerprint density at radius 2 is 1.94 bits per heavy atom. The molecule has 1 aromatic carbocycles. The van der Waals surface area contributed by atoms with Gasteiger partial charge in [-0.05, 0) is 65.3 Å². The molecule has 0 saturated heterocycles. The second kappa shape index (κ2) is 6.38. The second-order valence-corrected chi connectivity index (χ2v) is 6.77. The minimum atomic E-state index is 0.231. The monoisotopic (exact) mass is 357 g/mol. The molecule has 1 unspecified atom stereocenters. The molecule has 2 heteroatoms. The molecule has 1 saturated carbocycles. The fraction of sp³-hybridized carbons (Fsp3) is 0.625. The Morgan fingerprint density at radius 3 is 2.56 bits per heavy atom. The molecule has 1 aliphatic rings. The van der Waals surface area contributed by atoms with Gasteiger partial charge in [-0.2, -0.15) is 0 Å². The summed E-state index contributed by atoms with van der Waals surface area (Å²) in [5, 5.41) is 0. The SMILES string of the molecule is CCC1CCC(C(N)c2cccc(C)c2I)CC1. The summed E-state index contributed by atoms with van der Waals surface area (Å²) < 4.78 is 1.36. The summed E-state index contributed by atoms with van der Waals surface area (Å²) in [4.78, 5) is 0. The van der Waals surface area contributed by atoms with Crippen LogP contribution in [0.1, 0.15) is 56.2 Å². The molecule has 0 spiro atoms. The van der Waals surface area contributed by atoms with E-state index in [0.717, 1.165) is 5.92 Å². The lowest BCUT2D eigenvalue weighted by atomic mass is 9.76. The summed E-state index contributed by atoms with van der Waals surface area (Å²) in [6.45, 7) is 4.49. The van der Waals surface area contributed by atoms with Crippen LogP contribution in [-0.4, -0.2) is 0 Å². The number of hydrogen-bond donors (Lipinski definition) is 1. The number of benzene rings is 1. The molecule has 0 heterocycles.